The summed E-state index contributed by atoms with van der Waals surface area (Å²) in [5, 5.41) is 10.3. The number of nitrogens with zero attached hydrogens (tertiary/aromatic N) is 1. The Morgan fingerprint density at radius 2 is 2.15 bits per heavy atom. The third kappa shape index (κ3) is 1.82. The highest BCUT2D eigenvalue weighted by molar-refractivity contribution is 7.22. The Morgan fingerprint density at radius 1 is 1.35 bits per heavy atom. The van der Waals surface area contributed by atoms with E-state index >= 15 is 0 Å². The summed E-state index contributed by atoms with van der Waals surface area (Å²) < 4.78 is 6.64. The van der Waals surface area contributed by atoms with Crippen molar-refractivity contribution in [1.29, 1.82) is 0 Å². The minimum atomic E-state index is -1.04. The van der Waals surface area contributed by atoms with Crippen molar-refractivity contribution in [3.8, 4) is 10.8 Å². The lowest BCUT2D eigenvalue weighted by atomic mass is 10.2. The Hall–Kier alpha value is -2.14. The van der Waals surface area contributed by atoms with Gasteiger partial charge in [-0.05, 0) is 30.4 Å². The zero-order chi connectivity index (χ0) is 13.7. The molecule has 0 aliphatic heterocycles. The average molecular weight is 285 g/mol. The van der Waals surface area contributed by atoms with Gasteiger partial charge in [0.25, 0.3) is 0 Å². The Morgan fingerprint density at radius 3 is 2.85 bits per heavy atom. The molecule has 2 aromatic heterocycles. The lowest BCUT2D eigenvalue weighted by molar-refractivity contribution is 0.0661. The van der Waals surface area contributed by atoms with Gasteiger partial charge in [-0.1, -0.05) is 18.2 Å². The van der Waals surface area contributed by atoms with Gasteiger partial charge in [0.05, 0.1) is 10.6 Å². The molecule has 1 aliphatic carbocycles. The molecule has 0 spiro atoms. The summed E-state index contributed by atoms with van der Waals surface area (Å²) in [6, 6.07) is 10.0. The molecule has 5 heteroatoms. The van der Waals surface area contributed by atoms with Crippen LogP contribution >= 0.6 is 11.3 Å². The number of aromatic nitrogens is 1. The maximum atomic E-state index is 11.2. The highest BCUT2D eigenvalue weighted by Crippen LogP contribution is 2.43. The summed E-state index contributed by atoms with van der Waals surface area (Å²) >= 11 is 1.57. The van der Waals surface area contributed by atoms with Crippen LogP contribution in [0.2, 0.25) is 0 Å². The van der Waals surface area contributed by atoms with Gasteiger partial charge in [-0.25, -0.2) is 9.78 Å². The standard InChI is InChI=1S/C15H11NO3S/c17-15(18)13-12(8-5-6-8)16-14(19-13)11-7-9-3-1-2-4-10(9)20-11/h1-4,7-8H,5-6H2,(H,17,18). The Labute approximate surface area is 118 Å². The van der Waals surface area contributed by atoms with Gasteiger partial charge in [-0.15, -0.1) is 11.3 Å². The first-order chi connectivity index (χ1) is 9.72. The van der Waals surface area contributed by atoms with Crippen LogP contribution in [0.3, 0.4) is 0 Å². The molecule has 0 saturated heterocycles. The molecule has 0 amide bonds. The van der Waals surface area contributed by atoms with Gasteiger partial charge in [-0.3, -0.25) is 0 Å². The van der Waals surface area contributed by atoms with Gasteiger partial charge in [0.1, 0.15) is 0 Å². The smallest absolute Gasteiger partial charge is 0.373 e. The minimum Gasteiger partial charge on any atom is -0.475 e. The van der Waals surface area contributed by atoms with E-state index in [1.54, 1.807) is 11.3 Å². The first-order valence-corrected chi connectivity index (χ1v) is 7.27. The summed E-state index contributed by atoms with van der Waals surface area (Å²) in [5.41, 5.74) is 0.602. The monoisotopic (exact) mass is 285 g/mol. The number of hydrogen-bond donors (Lipinski definition) is 1. The Kier molecular flexibility index (Phi) is 2.44. The molecule has 1 N–H and O–H groups in total. The van der Waals surface area contributed by atoms with Crippen molar-refractivity contribution in [2.75, 3.05) is 0 Å². The van der Waals surface area contributed by atoms with Gasteiger partial charge in [0.2, 0.25) is 11.7 Å². The summed E-state index contributed by atoms with van der Waals surface area (Å²) in [6.07, 6.45) is 2.00. The molecular formula is C15H11NO3S. The Bertz CT molecular complexity index is 781. The second-order valence-corrected chi connectivity index (χ2v) is 6.05. The largest absolute Gasteiger partial charge is 0.475 e. The number of fused-ring (bicyclic) bond motifs is 1. The van der Waals surface area contributed by atoms with Gasteiger partial charge >= 0.3 is 5.97 Å². The van der Waals surface area contributed by atoms with E-state index in [4.69, 9.17) is 4.42 Å². The molecule has 4 rings (SSSR count). The van der Waals surface area contributed by atoms with E-state index in [0.717, 1.165) is 27.8 Å². The molecule has 4 nitrogen and oxygen atoms in total. The fourth-order valence-corrected chi connectivity index (χ4v) is 3.30. The highest BCUT2D eigenvalue weighted by atomic mass is 32.1. The molecule has 100 valence electrons. The van der Waals surface area contributed by atoms with Crippen molar-refractivity contribution in [3.05, 3.63) is 41.8 Å². The molecule has 20 heavy (non-hydrogen) atoms. The number of oxazole rings is 1. The third-order valence-electron chi connectivity index (χ3n) is 3.45. The fourth-order valence-electron chi connectivity index (χ4n) is 2.31. The van der Waals surface area contributed by atoms with Crippen molar-refractivity contribution in [2.45, 2.75) is 18.8 Å². The third-order valence-corrected chi connectivity index (χ3v) is 4.55. The van der Waals surface area contributed by atoms with E-state index in [1.165, 1.54) is 0 Å². The van der Waals surface area contributed by atoms with Crippen LogP contribution in [0.25, 0.3) is 20.9 Å². The van der Waals surface area contributed by atoms with E-state index in [1.807, 2.05) is 30.3 Å². The zero-order valence-electron chi connectivity index (χ0n) is 10.5. The van der Waals surface area contributed by atoms with Crippen molar-refractivity contribution < 1.29 is 14.3 Å². The summed E-state index contributed by atoms with van der Waals surface area (Å²) in [5.74, 6) is -0.356. The minimum absolute atomic E-state index is 0.0000406. The second-order valence-electron chi connectivity index (χ2n) is 4.96. The van der Waals surface area contributed by atoms with Crippen molar-refractivity contribution in [3.63, 3.8) is 0 Å². The number of thiophene rings is 1. The number of carbonyl (C=O) groups is 1. The summed E-state index contributed by atoms with van der Waals surface area (Å²) in [7, 11) is 0. The molecular weight excluding hydrogens is 274 g/mol. The molecule has 2 heterocycles. The molecule has 3 aromatic rings. The number of rotatable bonds is 3. The number of aromatic carboxylic acids is 1. The summed E-state index contributed by atoms with van der Waals surface area (Å²) in [6.45, 7) is 0. The van der Waals surface area contributed by atoms with E-state index in [9.17, 15) is 9.90 Å². The van der Waals surface area contributed by atoms with Gasteiger partial charge in [-0.2, -0.15) is 0 Å². The van der Waals surface area contributed by atoms with Crippen LogP contribution in [0, 0.1) is 0 Å². The van der Waals surface area contributed by atoms with Crippen molar-refractivity contribution >= 4 is 27.4 Å². The van der Waals surface area contributed by atoms with Crippen LogP contribution in [0.5, 0.6) is 0 Å². The number of carboxylic acids is 1. The molecule has 1 aromatic carbocycles. The van der Waals surface area contributed by atoms with E-state index in [-0.39, 0.29) is 11.7 Å². The molecule has 1 aliphatic rings. The van der Waals surface area contributed by atoms with Gasteiger partial charge in [0, 0.05) is 10.6 Å². The molecule has 1 saturated carbocycles. The zero-order valence-corrected chi connectivity index (χ0v) is 11.3. The lowest BCUT2D eigenvalue weighted by Gasteiger charge is -1.89. The van der Waals surface area contributed by atoms with Crippen LogP contribution < -0.4 is 0 Å². The predicted octanol–water partition coefficient (Wildman–Crippen LogP) is 4.13. The molecule has 1 fully saturated rings. The van der Waals surface area contributed by atoms with Crippen LogP contribution in [0.15, 0.2) is 34.7 Å². The molecule has 0 bridgehead atoms. The van der Waals surface area contributed by atoms with Crippen molar-refractivity contribution in [1.82, 2.24) is 4.98 Å². The second kappa shape index (κ2) is 4.18. The van der Waals surface area contributed by atoms with Gasteiger partial charge in [0.15, 0.2) is 0 Å². The number of benzene rings is 1. The van der Waals surface area contributed by atoms with Crippen LogP contribution in [-0.4, -0.2) is 16.1 Å². The summed E-state index contributed by atoms with van der Waals surface area (Å²) in [4.78, 5) is 16.5. The molecule has 0 unspecified atom stereocenters. The van der Waals surface area contributed by atoms with Crippen LogP contribution in [0.4, 0.5) is 0 Å². The number of hydrogen-bond acceptors (Lipinski definition) is 4. The highest BCUT2D eigenvalue weighted by Gasteiger charge is 2.33. The lowest BCUT2D eigenvalue weighted by Crippen LogP contribution is -1.98. The first-order valence-electron chi connectivity index (χ1n) is 6.45. The van der Waals surface area contributed by atoms with Crippen LogP contribution in [0.1, 0.15) is 35.0 Å². The van der Waals surface area contributed by atoms with Crippen LogP contribution in [-0.2, 0) is 0 Å². The first kappa shape index (κ1) is 11.7. The maximum absolute atomic E-state index is 11.2. The molecule has 0 radical (unpaired) electrons. The number of carboxylic acid groups (broad SMARTS) is 1. The normalized spacial score (nSPS) is 14.8. The SMILES string of the molecule is O=C(O)c1oc(-c2cc3ccccc3s2)nc1C1CC1. The van der Waals surface area contributed by atoms with E-state index < -0.39 is 5.97 Å². The topological polar surface area (TPSA) is 63.3 Å². The van der Waals surface area contributed by atoms with E-state index in [0.29, 0.717) is 11.6 Å². The fraction of sp³-hybridized carbons (Fsp3) is 0.200. The maximum Gasteiger partial charge on any atom is 0.373 e. The van der Waals surface area contributed by atoms with Gasteiger partial charge < -0.3 is 9.52 Å². The average Bonchev–Trinajstić information content (AvgIpc) is 3.04. The Balaban J connectivity index is 1.85. The predicted molar refractivity (Wildman–Crippen MR) is 76.3 cm³/mol. The van der Waals surface area contributed by atoms with Crippen molar-refractivity contribution in [2.24, 2.45) is 0 Å². The quantitative estimate of drug-likeness (QED) is 0.785. The molecule has 0 atom stereocenters. The van der Waals surface area contributed by atoms with E-state index in [2.05, 4.69) is 4.98 Å².